The summed E-state index contributed by atoms with van der Waals surface area (Å²) in [6.45, 7) is 1.88. The minimum Gasteiger partial charge on any atom is -0.490 e. The summed E-state index contributed by atoms with van der Waals surface area (Å²) < 4.78 is 42.2. The van der Waals surface area contributed by atoms with Gasteiger partial charge in [0.25, 0.3) is 5.91 Å². The van der Waals surface area contributed by atoms with E-state index in [-0.39, 0.29) is 22.8 Å². The number of aliphatic hydroxyl groups excluding tert-OH is 1. The summed E-state index contributed by atoms with van der Waals surface area (Å²) in [6, 6.07) is 11.4. The molecule has 2 fully saturated rings. The Morgan fingerprint density at radius 2 is 2.00 bits per heavy atom. The number of rotatable bonds is 3. The summed E-state index contributed by atoms with van der Waals surface area (Å²) in [4.78, 5) is 16.0. The Morgan fingerprint density at radius 1 is 1.16 bits per heavy atom. The fourth-order valence-electron chi connectivity index (χ4n) is 8.13. The number of carbonyl (C=O) groups is 1. The third-order valence-electron chi connectivity index (χ3n) is 11.0. The molecule has 2 aromatic carbocycles. The average Bonchev–Trinajstić information content (AvgIpc) is 3.83. The Labute approximate surface area is 271 Å². The van der Waals surface area contributed by atoms with Gasteiger partial charge in [0.2, 0.25) is 10.0 Å². The first-order valence-corrected chi connectivity index (χ1v) is 18.3. The number of sulfonamides is 1. The number of aryl methyl sites for hydroxylation is 1. The van der Waals surface area contributed by atoms with Crippen LogP contribution in [0.25, 0.3) is 0 Å². The van der Waals surface area contributed by atoms with E-state index in [2.05, 4.69) is 21.8 Å². The molecule has 2 heterocycles. The van der Waals surface area contributed by atoms with Crippen molar-refractivity contribution in [3.05, 3.63) is 70.3 Å². The number of halogens is 1. The molecule has 7 rings (SSSR count). The molecule has 0 saturated heterocycles. The number of carbonyl (C=O) groups excluding carboxylic acids is 1. The highest BCUT2D eigenvalue weighted by molar-refractivity contribution is 7.90. The van der Waals surface area contributed by atoms with Gasteiger partial charge in [-0.2, -0.15) is 0 Å². The van der Waals surface area contributed by atoms with Crippen LogP contribution in [-0.4, -0.2) is 63.7 Å². The highest BCUT2D eigenvalue weighted by Crippen LogP contribution is 2.47. The van der Waals surface area contributed by atoms with Crippen LogP contribution in [0.15, 0.2) is 48.6 Å². The number of hydrogen-bond acceptors (Lipinski definition) is 7. The lowest BCUT2D eigenvalue weighted by molar-refractivity contribution is 0.0451. The summed E-state index contributed by atoms with van der Waals surface area (Å²) in [5, 5.41) is 11.1. The van der Waals surface area contributed by atoms with Gasteiger partial charge in [0, 0.05) is 36.2 Å². The van der Waals surface area contributed by atoms with Crippen molar-refractivity contribution in [1.29, 1.82) is 0 Å². The number of fused-ring (bicyclic) bond motifs is 4. The van der Waals surface area contributed by atoms with Crippen molar-refractivity contribution in [3.8, 4) is 5.75 Å². The van der Waals surface area contributed by atoms with Crippen molar-refractivity contribution < 1.29 is 27.8 Å². The average molecular weight is 655 g/mol. The molecule has 45 heavy (non-hydrogen) atoms. The van der Waals surface area contributed by atoms with E-state index in [1.807, 2.05) is 18.2 Å². The summed E-state index contributed by atoms with van der Waals surface area (Å²) in [5.41, 5.74) is 3.29. The number of ether oxygens (including phenoxy) is 2. The molecule has 242 valence electrons. The number of anilines is 1. The van der Waals surface area contributed by atoms with Crippen LogP contribution >= 0.6 is 11.6 Å². The molecule has 6 atom stereocenters. The first kappa shape index (κ1) is 31.0. The van der Waals surface area contributed by atoms with Gasteiger partial charge >= 0.3 is 0 Å². The number of hydrogen-bond donors (Lipinski definition) is 2. The number of aliphatic hydroxyl groups is 1. The molecular formula is C35H43ClN2O6S. The number of nitrogens with zero attached hydrogens (tertiary/aromatic N) is 1. The lowest BCUT2D eigenvalue weighted by Crippen LogP contribution is -2.49. The first-order chi connectivity index (χ1) is 21.7. The molecule has 2 bridgehead atoms. The van der Waals surface area contributed by atoms with Crippen LogP contribution in [0.1, 0.15) is 72.9 Å². The van der Waals surface area contributed by atoms with Crippen LogP contribution in [0.5, 0.6) is 5.75 Å². The number of methoxy groups -OCH3 is 1. The summed E-state index contributed by atoms with van der Waals surface area (Å²) >= 11 is 6.41. The van der Waals surface area contributed by atoms with E-state index >= 15 is 0 Å². The highest BCUT2D eigenvalue weighted by atomic mass is 35.5. The Hall–Kier alpha value is -2.59. The summed E-state index contributed by atoms with van der Waals surface area (Å²) in [7, 11) is -2.55. The zero-order valence-corrected chi connectivity index (χ0v) is 27.4. The zero-order chi connectivity index (χ0) is 31.3. The lowest BCUT2D eigenvalue weighted by atomic mass is 9.68. The smallest absolute Gasteiger partial charge is 0.264 e. The Bertz CT molecular complexity index is 1590. The fraction of sp³-hybridized carbons (Fsp3) is 0.571. The second kappa shape index (κ2) is 12.2. The van der Waals surface area contributed by atoms with Crippen LogP contribution in [0, 0.1) is 17.8 Å². The summed E-state index contributed by atoms with van der Waals surface area (Å²) in [5.74, 6) is 0.684. The van der Waals surface area contributed by atoms with Crippen molar-refractivity contribution in [2.24, 2.45) is 17.8 Å². The van der Waals surface area contributed by atoms with Crippen LogP contribution in [-0.2, 0) is 26.6 Å². The minimum absolute atomic E-state index is 0.0913. The van der Waals surface area contributed by atoms with Gasteiger partial charge in [-0.15, -0.1) is 0 Å². The number of nitrogens with one attached hydrogen (secondary N) is 1. The van der Waals surface area contributed by atoms with Gasteiger partial charge in [0.15, 0.2) is 0 Å². The minimum atomic E-state index is -4.06. The van der Waals surface area contributed by atoms with E-state index < -0.39 is 33.4 Å². The molecule has 2 N–H and O–H groups in total. The Morgan fingerprint density at radius 3 is 2.76 bits per heavy atom. The SMILES string of the molecule is CO[C@H]1C/C=C\[C@H](O)[C@@H]2CC[C@H]2CN2C[C@@]3(CCCc4cc(Cl)ccc43)COc3ccc(cc32)C(=O)NS(=O)(=O)[C@@H]1CC1CC1. The quantitative estimate of drug-likeness (QED) is 0.427. The van der Waals surface area contributed by atoms with Gasteiger partial charge in [-0.3, -0.25) is 4.79 Å². The molecule has 0 radical (unpaired) electrons. The molecule has 5 aliphatic rings. The fourth-order valence-corrected chi connectivity index (χ4v) is 10.00. The molecule has 1 amide bonds. The van der Waals surface area contributed by atoms with E-state index in [1.54, 1.807) is 18.2 Å². The van der Waals surface area contributed by atoms with E-state index in [4.69, 9.17) is 21.1 Å². The predicted octanol–water partition coefficient (Wildman–Crippen LogP) is 5.40. The molecule has 2 saturated carbocycles. The van der Waals surface area contributed by atoms with Crippen molar-refractivity contribution in [3.63, 3.8) is 0 Å². The zero-order valence-electron chi connectivity index (χ0n) is 25.8. The maximum atomic E-state index is 13.8. The molecular weight excluding hydrogens is 612 g/mol. The molecule has 0 aromatic heterocycles. The van der Waals surface area contributed by atoms with Gasteiger partial charge in [0.05, 0.1) is 24.5 Å². The Kier molecular flexibility index (Phi) is 8.42. The molecule has 1 spiro atoms. The number of benzene rings is 2. The normalized spacial score (nSPS) is 33.5. The predicted molar refractivity (Wildman–Crippen MR) is 175 cm³/mol. The monoisotopic (exact) mass is 654 g/mol. The maximum absolute atomic E-state index is 13.8. The van der Waals surface area contributed by atoms with E-state index in [0.717, 1.165) is 55.7 Å². The molecule has 8 nitrogen and oxygen atoms in total. The Balaban J connectivity index is 1.28. The van der Waals surface area contributed by atoms with Crippen molar-refractivity contribution >= 4 is 33.2 Å². The third kappa shape index (κ3) is 6.13. The van der Waals surface area contributed by atoms with Gasteiger partial charge in [-0.25, -0.2) is 13.1 Å². The maximum Gasteiger partial charge on any atom is 0.264 e. The van der Waals surface area contributed by atoms with Gasteiger partial charge in [-0.05, 0) is 104 Å². The van der Waals surface area contributed by atoms with Crippen LogP contribution in [0.2, 0.25) is 5.02 Å². The van der Waals surface area contributed by atoms with Gasteiger partial charge in [0.1, 0.15) is 11.0 Å². The van der Waals surface area contributed by atoms with Crippen LogP contribution in [0.4, 0.5) is 5.69 Å². The molecule has 3 aliphatic carbocycles. The number of amides is 1. The third-order valence-corrected chi connectivity index (χ3v) is 13.0. The lowest BCUT2D eigenvalue weighted by Gasteiger charge is -2.45. The van der Waals surface area contributed by atoms with Gasteiger partial charge in [-0.1, -0.05) is 42.7 Å². The van der Waals surface area contributed by atoms with Crippen LogP contribution < -0.4 is 14.4 Å². The molecule has 2 aliphatic heterocycles. The largest absolute Gasteiger partial charge is 0.490 e. The molecule has 0 unspecified atom stereocenters. The van der Waals surface area contributed by atoms with E-state index in [9.17, 15) is 18.3 Å². The van der Waals surface area contributed by atoms with Crippen molar-refractivity contribution in [2.45, 2.75) is 80.7 Å². The van der Waals surface area contributed by atoms with Crippen molar-refractivity contribution in [2.75, 3.05) is 31.7 Å². The second-order valence-corrected chi connectivity index (χ2v) is 16.2. The van der Waals surface area contributed by atoms with Gasteiger partial charge < -0.3 is 19.5 Å². The van der Waals surface area contributed by atoms with Crippen molar-refractivity contribution in [1.82, 2.24) is 4.72 Å². The van der Waals surface area contributed by atoms with Crippen LogP contribution in [0.3, 0.4) is 0 Å². The topological polar surface area (TPSA) is 105 Å². The molecule has 2 aromatic rings. The highest BCUT2D eigenvalue weighted by Gasteiger charge is 2.45. The molecule has 10 heteroatoms. The second-order valence-electron chi connectivity index (χ2n) is 13.9. The standard InChI is InChI=1S/C35H43ClN2O6S/c1-43-32-6-2-5-30(39)27-12-9-25(27)19-38-20-35(15-3-4-23-17-26(36)11-13-28(23)35)21-44-31-14-10-24(18-29(31)38)34(40)37-45(41,42)33(32)16-22-7-8-22/h2,5,10-11,13-14,17-18,22,25,27,30,32-33,39H,3-4,6-9,12,15-16,19-21H2,1H3,(H,37,40)/b5-2-/t25-,27+,30-,32-,33+,35-/m0/s1. The summed E-state index contributed by atoms with van der Waals surface area (Å²) in [6.07, 6.45) is 10.0. The van der Waals surface area contributed by atoms with E-state index in [0.29, 0.717) is 44.2 Å². The first-order valence-electron chi connectivity index (χ1n) is 16.4. The van der Waals surface area contributed by atoms with E-state index in [1.165, 1.54) is 18.2 Å².